The largest absolute Gasteiger partial charge is 0.393 e. The summed E-state index contributed by atoms with van der Waals surface area (Å²) in [6, 6.07) is 7.31. The third-order valence-corrected chi connectivity index (χ3v) is 4.38. The van der Waals surface area contributed by atoms with Crippen LogP contribution in [0.15, 0.2) is 24.3 Å². The summed E-state index contributed by atoms with van der Waals surface area (Å²) in [5.41, 5.74) is 1.74. The number of aliphatic hydroxyl groups excluding tert-OH is 1. The average Bonchev–Trinajstić information content (AvgIpc) is 2.47. The van der Waals surface area contributed by atoms with Gasteiger partial charge in [0.05, 0.1) is 18.6 Å². The van der Waals surface area contributed by atoms with Gasteiger partial charge in [-0.15, -0.1) is 0 Å². The van der Waals surface area contributed by atoms with E-state index in [0.29, 0.717) is 25.7 Å². The number of hydrogen-bond donors (Lipinski definition) is 3. The van der Waals surface area contributed by atoms with Crippen LogP contribution >= 0.6 is 0 Å². The van der Waals surface area contributed by atoms with Crippen molar-refractivity contribution in [3.05, 3.63) is 29.8 Å². The summed E-state index contributed by atoms with van der Waals surface area (Å²) in [6.07, 6.45) is 2.80. The molecule has 0 aromatic heterocycles. The summed E-state index contributed by atoms with van der Waals surface area (Å²) in [4.78, 5) is 24.1. The zero-order chi connectivity index (χ0) is 14.8. The van der Waals surface area contributed by atoms with Crippen molar-refractivity contribution in [2.45, 2.75) is 44.2 Å². The Kier molecular flexibility index (Phi) is 3.92. The second-order valence-electron chi connectivity index (χ2n) is 5.91. The molecule has 112 valence electrons. The van der Waals surface area contributed by atoms with Gasteiger partial charge in [0.25, 0.3) is 0 Å². The second-order valence-corrected chi connectivity index (χ2v) is 5.91. The van der Waals surface area contributed by atoms with Gasteiger partial charge >= 0.3 is 0 Å². The summed E-state index contributed by atoms with van der Waals surface area (Å²) < 4.78 is 0. The van der Waals surface area contributed by atoms with Crippen LogP contribution in [0.5, 0.6) is 0 Å². The predicted octanol–water partition coefficient (Wildman–Crippen LogP) is 1.74. The Morgan fingerprint density at radius 3 is 2.67 bits per heavy atom. The van der Waals surface area contributed by atoms with Crippen molar-refractivity contribution in [1.29, 1.82) is 0 Å². The van der Waals surface area contributed by atoms with Crippen LogP contribution in [0.4, 0.5) is 5.69 Å². The fourth-order valence-corrected chi connectivity index (χ4v) is 3.17. The maximum atomic E-state index is 12.4. The van der Waals surface area contributed by atoms with E-state index in [0.717, 1.165) is 11.3 Å². The highest BCUT2D eigenvalue weighted by Crippen LogP contribution is 2.31. The molecule has 0 radical (unpaired) electrons. The lowest BCUT2D eigenvalue weighted by Gasteiger charge is -2.30. The third-order valence-electron chi connectivity index (χ3n) is 4.38. The van der Waals surface area contributed by atoms with Crippen LogP contribution in [0.25, 0.3) is 0 Å². The lowest BCUT2D eigenvalue weighted by Crippen LogP contribution is -2.39. The summed E-state index contributed by atoms with van der Waals surface area (Å²) >= 11 is 0. The van der Waals surface area contributed by atoms with Crippen LogP contribution in [0.1, 0.15) is 43.7 Å². The Morgan fingerprint density at radius 1 is 1.19 bits per heavy atom. The number of benzene rings is 1. The first-order valence-corrected chi connectivity index (χ1v) is 7.50. The normalized spacial score (nSPS) is 28.4. The van der Waals surface area contributed by atoms with Gasteiger partial charge in [0.2, 0.25) is 11.8 Å². The number of nitrogens with one attached hydrogen (secondary N) is 2. The van der Waals surface area contributed by atoms with E-state index < -0.39 is 0 Å². The van der Waals surface area contributed by atoms with Gasteiger partial charge in [0, 0.05) is 11.6 Å². The molecule has 1 saturated carbocycles. The molecular weight excluding hydrogens is 268 g/mol. The molecule has 0 bridgehead atoms. The summed E-state index contributed by atoms with van der Waals surface area (Å²) in [6.45, 7) is 0. The van der Waals surface area contributed by atoms with Gasteiger partial charge in [-0.2, -0.15) is 0 Å². The smallest absolute Gasteiger partial charge is 0.226 e. The Labute approximate surface area is 123 Å². The molecule has 5 nitrogen and oxygen atoms in total. The molecule has 2 aliphatic rings. The van der Waals surface area contributed by atoms with Crippen LogP contribution in [-0.4, -0.2) is 23.0 Å². The maximum absolute atomic E-state index is 12.4. The van der Waals surface area contributed by atoms with Crippen LogP contribution in [0, 0.1) is 5.92 Å². The number of fused-ring (bicyclic) bond motifs is 1. The van der Waals surface area contributed by atoms with Gasteiger partial charge < -0.3 is 15.7 Å². The van der Waals surface area contributed by atoms with Crippen LogP contribution in [0.3, 0.4) is 0 Å². The number of para-hydroxylation sites is 1. The Balaban J connectivity index is 1.70. The third kappa shape index (κ3) is 3.08. The standard InChI is InChI=1S/C16H20N2O3/c19-11-7-5-10(6-8-11)16(21)18-14-9-15(20)17-13-4-2-1-3-12(13)14/h1-4,10-11,14,19H,5-9H2,(H,17,20)(H,18,21). The van der Waals surface area contributed by atoms with E-state index in [4.69, 9.17) is 0 Å². The Bertz CT molecular complexity index is 550. The number of amides is 2. The highest BCUT2D eigenvalue weighted by Gasteiger charge is 2.30. The lowest BCUT2D eigenvalue weighted by molar-refractivity contribution is -0.127. The van der Waals surface area contributed by atoms with Crippen molar-refractivity contribution >= 4 is 17.5 Å². The molecule has 3 rings (SSSR count). The molecule has 1 aliphatic heterocycles. The van der Waals surface area contributed by atoms with E-state index in [-0.39, 0.29) is 36.3 Å². The first-order chi connectivity index (χ1) is 10.1. The predicted molar refractivity (Wildman–Crippen MR) is 78.5 cm³/mol. The van der Waals surface area contributed by atoms with Crippen molar-refractivity contribution in [2.75, 3.05) is 5.32 Å². The average molecular weight is 288 g/mol. The Hall–Kier alpha value is -1.88. The van der Waals surface area contributed by atoms with Gasteiger partial charge in [0.1, 0.15) is 0 Å². The number of rotatable bonds is 2. The summed E-state index contributed by atoms with van der Waals surface area (Å²) in [7, 11) is 0. The van der Waals surface area contributed by atoms with Gasteiger partial charge in [-0.3, -0.25) is 9.59 Å². The van der Waals surface area contributed by atoms with Crippen molar-refractivity contribution in [3.8, 4) is 0 Å². The highest BCUT2D eigenvalue weighted by molar-refractivity contribution is 5.95. The zero-order valence-corrected chi connectivity index (χ0v) is 11.8. The van der Waals surface area contributed by atoms with Gasteiger partial charge in [0.15, 0.2) is 0 Å². The molecule has 21 heavy (non-hydrogen) atoms. The quantitative estimate of drug-likeness (QED) is 0.775. The molecule has 0 saturated heterocycles. The summed E-state index contributed by atoms with van der Waals surface area (Å²) in [5.74, 6) is -0.125. The van der Waals surface area contributed by atoms with Crippen molar-refractivity contribution < 1.29 is 14.7 Å². The zero-order valence-electron chi connectivity index (χ0n) is 11.8. The van der Waals surface area contributed by atoms with E-state index in [1.54, 1.807) is 0 Å². The molecular formula is C16H20N2O3. The monoisotopic (exact) mass is 288 g/mol. The van der Waals surface area contributed by atoms with Crippen molar-refractivity contribution in [2.24, 2.45) is 5.92 Å². The van der Waals surface area contributed by atoms with E-state index in [1.807, 2.05) is 24.3 Å². The van der Waals surface area contributed by atoms with Crippen LogP contribution in [-0.2, 0) is 9.59 Å². The first kappa shape index (κ1) is 14.1. The van der Waals surface area contributed by atoms with Crippen LogP contribution < -0.4 is 10.6 Å². The minimum Gasteiger partial charge on any atom is -0.393 e. The van der Waals surface area contributed by atoms with E-state index in [1.165, 1.54) is 0 Å². The van der Waals surface area contributed by atoms with Crippen molar-refractivity contribution in [1.82, 2.24) is 5.32 Å². The molecule has 1 aliphatic carbocycles. The minimum atomic E-state index is -0.268. The molecule has 0 spiro atoms. The molecule has 2 amide bonds. The van der Waals surface area contributed by atoms with Gasteiger partial charge in [-0.05, 0) is 37.3 Å². The first-order valence-electron chi connectivity index (χ1n) is 7.50. The van der Waals surface area contributed by atoms with Crippen molar-refractivity contribution in [3.63, 3.8) is 0 Å². The molecule has 1 aromatic rings. The summed E-state index contributed by atoms with van der Waals surface area (Å²) in [5, 5.41) is 15.3. The van der Waals surface area contributed by atoms with Crippen LogP contribution in [0.2, 0.25) is 0 Å². The van der Waals surface area contributed by atoms with E-state index in [9.17, 15) is 14.7 Å². The maximum Gasteiger partial charge on any atom is 0.226 e. The van der Waals surface area contributed by atoms with Gasteiger partial charge in [-0.25, -0.2) is 0 Å². The number of carbonyl (C=O) groups is 2. The SMILES string of the molecule is O=C1CC(NC(=O)C2CCC(O)CC2)c2ccccc2N1. The van der Waals surface area contributed by atoms with Gasteiger partial charge in [-0.1, -0.05) is 18.2 Å². The molecule has 1 aromatic carbocycles. The topological polar surface area (TPSA) is 78.4 Å². The second kappa shape index (κ2) is 5.85. The number of carbonyl (C=O) groups excluding carboxylic acids is 2. The molecule has 1 atom stereocenters. The minimum absolute atomic E-state index is 0.00333. The Morgan fingerprint density at radius 2 is 1.90 bits per heavy atom. The number of aliphatic hydroxyl groups is 1. The molecule has 5 heteroatoms. The number of anilines is 1. The van der Waals surface area contributed by atoms with E-state index in [2.05, 4.69) is 10.6 Å². The molecule has 1 fully saturated rings. The fourth-order valence-electron chi connectivity index (χ4n) is 3.17. The molecule has 3 N–H and O–H groups in total. The lowest BCUT2D eigenvalue weighted by atomic mass is 9.86. The molecule has 1 unspecified atom stereocenters. The highest BCUT2D eigenvalue weighted by atomic mass is 16.3. The van der Waals surface area contributed by atoms with E-state index >= 15 is 0 Å². The fraction of sp³-hybridized carbons (Fsp3) is 0.500. The number of hydrogen-bond acceptors (Lipinski definition) is 3. The molecule has 1 heterocycles.